The minimum absolute atomic E-state index is 0.144. The number of furan rings is 1. The normalized spacial score (nSPS) is 15.1. The molecule has 0 atom stereocenters. The fraction of sp³-hybridized carbons (Fsp3) is 0.250. The van der Waals surface area contributed by atoms with Gasteiger partial charge in [0, 0.05) is 11.6 Å². The van der Waals surface area contributed by atoms with Gasteiger partial charge < -0.3 is 8.83 Å². The number of rotatable bonds is 5. The maximum Gasteiger partial charge on any atom is 0.295 e. The van der Waals surface area contributed by atoms with Gasteiger partial charge in [0.25, 0.3) is 15.9 Å². The number of hydrogen-bond donors (Lipinski definition) is 1. The lowest BCUT2D eigenvalue weighted by Crippen LogP contribution is -2.11. The van der Waals surface area contributed by atoms with E-state index in [4.69, 9.17) is 8.83 Å². The molecule has 4 rings (SSSR count). The second-order valence-electron chi connectivity index (χ2n) is 5.80. The average molecular weight is 363 g/mol. The quantitative estimate of drug-likeness (QED) is 0.744. The fourth-order valence-corrected chi connectivity index (χ4v) is 3.45. The summed E-state index contributed by atoms with van der Waals surface area (Å²) >= 11 is 0. The van der Waals surface area contributed by atoms with Gasteiger partial charge in [-0.2, -0.15) is 8.42 Å². The number of halogens is 1. The number of nitrogens with one attached hydrogen (secondary N) is 1. The summed E-state index contributed by atoms with van der Waals surface area (Å²) < 4.78 is 50.8. The van der Waals surface area contributed by atoms with Crippen LogP contribution in [0.4, 0.5) is 10.1 Å². The lowest BCUT2D eigenvalue weighted by atomic mass is 9.85. The first-order valence-electron chi connectivity index (χ1n) is 7.73. The summed E-state index contributed by atoms with van der Waals surface area (Å²) in [5.74, 6) is 0.690. The van der Waals surface area contributed by atoms with E-state index in [-0.39, 0.29) is 28.3 Å². The third-order valence-corrected chi connectivity index (χ3v) is 5.30. The molecular weight excluding hydrogens is 349 g/mol. The monoisotopic (exact) mass is 363 g/mol. The molecule has 1 aromatic carbocycles. The Hall–Kier alpha value is -2.68. The summed E-state index contributed by atoms with van der Waals surface area (Å²) in [4.78, 5) is 0. The highest BCUT2D eigenvalue weighted by atomic mass is 32.2. The first-order chi connectivity index (χ1) is 12.0. The number of benzene rings is 1. The molecular formula is C16H14FN3O4S. The van der Waals surface area contributed by atoms with Crippen molar-refractivity contribution in [2.24, 2.45) is 0 Å². The Labute approximate surface area is 142 Å². The van der Waals surface area contributed by atoms with Crippen molar-refractivity contribution in [3.8, 4) is 11.7 Å². The predicted molar refractivity (Wildman–Crippen MR) is 85.8 cm³/mol. The van der Waals surface area contributed by atoms with Gasteiger partial charge in [0.05, 0.1) is 0 Å². The Bertz CT molecular complexity index is 991. The van der Waals surface area contributed by atoms with E-state index in [1.54, 1.807) is 0 Å². The molecule has 0 spiro atoms. The summed E-state index contributed by atoms with van der Waals surface area (Å²) in [6, 6.07) is 7.71. The number of nitrogens with zero attached hydrogens (tertiary/aromatic N) is 2. The lowest BCUT2D eigenvalue weighted by Gasteiger charge is -2.20. The molecule has 25 heavy (non-hydrogen) atoms. The Morgan fingerprint density at radius 1 is 1.04 bits per heavy atom. The van der Waals surface area contributed by atoms with Crippen molar-refractivity contribution in [3.05, 3.63) is 48.1 Å². The van der Waals surface area contributed by atoms with Gasteiger partial charge in [-0.25, -0.2) is 4.39 Å². The first-order valence-corrected chi connectivity index (χ1v) is 9.21. The van der Waals surface area contributed by atoms with Crippen molar-refractivity contribution in [1.29, 1.82) is 0 Å². The van der Waals surface area contributed by atoms with E-state index in [1.807, 2.05) is 0 Å². The molecule has 7 nitrogen and oxygen atoms in total. The zero-order chi connectivity index (χ0) is 17.4. The molecule has 130 valence electrons. The Morgan fingerprint density at radius 3 is 2.48 bits per heavy atom. The van der Waals surface area contributed by atoms with Gasteiger partial charge in [-0.05, 0) is 49.2 Å². The minimum Gasteiger partial charge on any atom is -0.438 e. The SMILES string of the molecule is O=S(=O)(Nc1ccc(F)cc1)c1ccc(-c2nnc(C3CCC3)o2)o1. The molecule has 2 heterocycles. The smallest absolute Gasteiger partial charge is 0.295 e. The molecule has 0 bridgehead atoms. The summed E-state index contributed by atoms with van der Waals surface area (Å²) in [5.41, 5.74) is 0.226. The molecule has 1 N–H and O–H groups in total. The van der Waals surface area contributed by atoms with E-state index in [1.165, 1.54) is 24.3 Å². The fourth-order valence-electron chi connectivity index (χ4n) is 2.46. The highest BCUT2D eigenvalue weighted by Gasteiger charge is 2.27. The Balaban J connectivity index is 1.55. The van der Waals surface area contributed by atoms with Gasteiger partial charge in [-0.15, -0.1) is 10.2 Å². The number of hydrogen-bond acceptors (Lipinski definition) is 6. The predicted octanol–water partition coefficient (Wildman–Crippen LogP) is 3.54. The standard InChI is InChI=1S/C16H14FN3O4S/c17-11-4-6-12(7-5-11)20-25(21,22)14-9-8-13(23-14)16-19-18-15(24-16)10-2-1-3-10/h4-10,20H,1-3H2. The maximum atomic E-state index is 12.9. The molecule has 0 amide bonds. The van der Waals surface area contributed by atoms with Crippen LogP contribution in [0.5, 0.6) is 0 Å². The van der Waals surface area contributed by atoms with Crippen LogP contribution >= 0.6 is 0 Å². The Morgan fingerprint density at radius 2 is 1.80 bits per heavy atom. The molecule has 0 aliphatic heterocycles. The van der Waals surface area contributed by atoms with E-state index in [0.29, 0.717) is 5.89 Å². The van der Waals surface area contributed by atoms with Gasteiger partial charge in [0.1, 0.15) is 5.82 Å². The largest absolute Gasteiger partial charge is 0.438 e. The topological polar surface area (TPSA) is 98.2 Å². The van der Waals surface area contributed by atoms with Crippen LogP contribution < -0.4 is 4.72 Å². The van der Waals surface area contributed by atoms with Crippen LogP contribution in [0.25, 0.3) is 11.7 Å². The molecule has 1 aliphatic rings. The van der Waals surface area contributed by atoms with Crippen LogP contribution in [0.15, 0.2) is 50.3 Å². The van der Waals surface area contributed by atoms with Crippen LogP contribution in [-0.4, -0.2) is 18.6 Å². The molecule has 1 aliphatic carbocycles. The van der Waals surface area contributed by atoms with E-state index < -0.39 is 15.8 Å². The van der Waals surface area contributed by atoms with Gasteiger partial charge in [0.15, 0.2) is 5.76 Å². The zero-order valence-corrected chi connectivity index (χ0v) is 13.8. The van der Waals surface area contributed by atoms with Crippen LogP contribution in [-0.2, 0) is 10.0 Å². The van der Waals surface area contributed by atoms with Crippen molar-refractivity contribution in [2.45, 2.75) is 30.3 Å². The summed E-state index contributed by atoms with van der Waals surface area (Å²) in [7, 11) is -3.95. The van der Waals surface area contributed by atoms with E-state index >= 15 is 0 Å². The van der Waals surface area contributed by atoms with Crippen LogP contribution in [0, 0.1) is 5.82 Å². The molecule has 0 unspecified atom stereocenters. The van der Waals surface area contributed by atoms with E-state index in [0.717, 1.165) is 31.4 Å². The second-order valence-corrected chi connectivity index (χ2v) is 7.42. The third-order valence-electron chi connectivity index (χ3n) is 4.05. The maximum absolute atomic E-state index is 12.9. The molecule has 1 fully saturated rings. The van der Waals surface area contributed by atoms with Crippen molar-refractivity contribution >= 4 is 15.7 Å². The van der Waals surface area contributed by atoms with E-state index in [9.17, 15) is 12.8 Å². The summed E-state index contributed by atoms with van der Waals surface area (Å²) in [6.07, 6.45) is 3.17. The summed E-state index contributed by atoms with van der Waals surface area (Å²) in [6.45, 7) is 0. The lowest BCUT2D eigenvalue weighted by molar-refractivity contribution is 0.334. The van der Waals surface area contributed by atoms with Gasteiger partial charge in [-0.1, -0.05) is 6.42 Å². The van der Waals surface area contributed by atoms with Gasteiger partial charge in [-0.3, -0.25) is 4.72 Å². The van der Waals surface area contributed by atoms with Crippen molar-refractivity contribution in [1.82, 2.24) is 10.2 Å². The van der Waals surface area contributed by atoms with Crippen molar-refractivity contribution in [3.63, 3.8) is 0 Å². The molecule has 3 aromatic rings. The van der Waals surface area contributed by atoms with Crippen LogP contribution in [0.1, 0.15) is 31.1 Å². The minimum atomic E-state index is -3.95. The van der Waals surface area contributed by atoms with Gasteiger partial charge >= 0.3 is 0 Å². The van der Waals surface area contributed by atoms with Crippen LogP contribution in [0.2, 0.25) is 0 Å². The highest BCUT2D eigenvalue weighted by molar-refractivity contribution is 7.92. The molecule has 9 heteroatoms. The second kappa shape index (κ2) is 5.99. The molecule has 0 saturated heterocycles. The van der Waals surface area contributed by atoms with Crippen molar-refractivity contribution < 1.29 is 21.6 Å². The highest BCUT2D eigenvalue weighted by Crippen LogP contribution is 2.36. The zero-order valence-electron chi connectivity index (χ0n) is 13.0. The molecule has 0 radical (unpaired) electrons. The van der Waals surface area contributed by atoms with E-state index in [2.05, 4.69) is 14.9 Å². The molecule has 1 saturated carbocycles. The van der Waals surface area contributed by atoms with Gasteiger partial charge in [0.2, 0.25) is 11.0 Å². The van der Waals surface area contributed by atoms with Crippen LogP contribution in [0.3, 0.4) is 0 Å². The third kappa shape index (κ3) is 3.14. The number of anilines is 1. The summed E-state index contributed by atoms with van der Waals surface area (Å²) in [5, 5.41) is 7.60. The average Bonchev–Trinajstić information content (AvgIpc) is 3.17. The number of aromatic nitrogens is 2. The Kier molecular flexibility index (Phi) is 3.79. The molecule has 2 aromatic heterocycles. The van der Waals surface area contributed by atoms with Crippen molar-refractivity contribution in [2.75, 3.05) is 4.72 Å². The first kappa shape index (κ1) is 15.8. The number of sulfonamides is 1.